The molecule has 9 heteroatoms. The molecule has 9 nitrogen and oxygen atoms in total. The zero-order valence-electron chi connectivity index (χ0n) is 14.2. The second-order valence-corrected chi connectivity index (χ2v) is 5.13. The average molecular weight is 351 g/mol. The van der Waals surface area contributed by atoms with Gasteiger partial charge < -0.3 is 15.0 Å². The lowest BCUT2D eigenvalue weighted by Gasteiger charge is -2.22. The maximum atomic E-state index is 12.6. The number of nitrogens with one attached hydrogen (secondary N) is 1. The topological polar surface area (TPSA) is 119 Å². The minimum Gasteiger partial charge on any atom is -0.466 e. The monoisotopic (exact) mass is 351 g/mol. The van der Waals surface area contributed by atoms with Gasteiger partial charge >= 0.3 is 5.97 Å². The summed E-state index contributed by atoms with van der Waals surface area (Å²) in [6.45, 7) is 3.86. The number of carbonyl (C=O) groups is 3. The molecule has 0 spiro atoms. The number of nitro benzene ring substituents is 1. The summed E-state index contributed by atoms with van der Waals surface area (Å²) in [6, 6.07) is 5.20. The van der Waals surface area contributed by atoms with Crippen LogP contribution in [0.3, 0.4) is 0 Å². The summed E-state index contributed by atoms with van der Waals surface area (Å²) in [4.78, 5) is 46.6. The van der Waals surface area contributed by atoms with Crippen LogP contribution < -0.4 is 5.32 Å². The molecule has 0 aliphatic heterocycles. The van der Waals surface area contributed by atoms with E-state index in [1.165, 1.54) is 36.1 Å². The first kappa shape index (κ1) is 20.1. The van der Waals surface area contributed by atoms with E-state index in [0.717, 1.165) is 0 Å². The standard InChI is InChI=1S/C16H21N3O6/c1-3-25-15(21)8-10-18(11-9-17-12(2)20)16(22)13-4-6-14(7-5-13)19(23)24/h4-7H,3,8-11H2,1-2H3,(H,17,20). The molecule has 0 aliphatic carbocycles. The van der Waals surface area contributed by atoms with E-state index < -0.39 is 10.9 Å². The molecule has 0 saturated carbocycles. The van der Waals surface area contributed by atoms with Gasteiger partial charge in [-0.15, -0.1) is 0 Å². The summed E-state index contributed by atoms with van der Waals surface area (Å²) in [5, 5.41) is 13.3. The number of esters is 1. The molecule has 136 valence electrons. The molecule has 1 N–H and O–H groups in total. The van der Waals surface area contributed by atoms with Crippen LogP contribution in [0.15, 0.2) is 24.3 Å². The Balaban J connectivity index is 2.80. The summed E-state index contributed by atoms with van der Waals surface area (Å²) in [5.74, 6) is -1.04. The second-order valence-electron chi connectivity index (χ2n) is 5.13. The molecule has 1 rings (SSSR count). The van der Waals surface area contributed by atoms with Gasteiger partial charge in [-0.3, -0.25) is 24.5 Å². The van der Waals surface area contributed by atoms with Crippen LogP contribution in [-0.4, -0.2) is 53.8 Å². The number of nitrogens with zero attached hydrogens (tertiary/aromatic N) is 2. The fourth-order valence-corrected chi connectivity index (χ4v) is 2.05. The number of hydrogen-bond donors (Lipinski definition) is 1. The Kier molecular flexibility index (Phi) is 8.04. The second kappa shape index (κ2) is 10.0. The summed E-state index contributed by atoms with van der Waals surface area (Å²) >= 11 is 0. The van der Waals surface area contributed by atoms with Crippen molar-refractivity contribution in [1.29, 1.82) is 0 Å². The lowest BCUT2D eigenvalue weighted by atomic mass is 10.1. The first-order valence-electron chi connectivity index (χ1n) is 7.79. The summed E-state index contributed by atoms with van der Waals surface area (Å²) in [7, 11) is 0. The van der Waals surface area contributed by atoms with E-state index in [1.807, 2.05) is 0 Å². The van der Waals surface area contributed by atoms with Gasteiger partial charge in [0, 0.05) is 44.3 Å². The van der Waals surface area contributed by atoms with Gasteiger partial charge in [0.15, 0.2) is 0 Å². The quantitative estimate of drug-likeness (QED) is 0.405. The predicted molar refractivity (Wildman–Crippen MR) is 88.9 cm³/mol. The molecule has 1 aromatic carbocycles. The van der Waals surface area contributed by atoms with Crippen molar-refractivity contribution in [3.63, 3.8) is 0 Å². The largest absolute Gasteiger partial charge is 0.466 e. The minimum atomic E-state index is -0.552. The molecule has 0 aromatic heterocycles. The van der Waals surface area contributed by atoms with Gasteiger partial charge in [0.05, 0.1) is 18.0 Å². The zero-order valence-corrected chi connectivity index (χ0v) is 14.2. The third-order valence-electron chi connectivity index (χ3n) is 3.26. The van der Waals surface area contributed by atoms with Crippen LogP contribution in [0.1, 0.15) is 30.6 Å². The summed E-state index contributed by atoms with van der Waals surface area (Å²) in [6.07, 6.45) is 0.0205. The molecule has 0 unspecified atom stereocenters. The van der Waals surface area contributed by atoms with E-state index in [9.17, 15) is 24.5 Å². The Morgan fingerprint density at radius 2 is 1.84 bits per heavy atom. The number of amides is 2. The molecule has 25 heavy (non-hydrogen) atoms. The fraction of sp³-hybridized carbons (Fsp3) is 0.438. The maximum absolute atomic E-state index is 12.6. The van der Waals surface area contributed by atoms with Crippen molar-refractivity contribution in [2.75, 3.05) is 26.2 Å². The van der Waals surface area contributed by atoms with Crippen molar-refractivity contribution in [1.82, 2.24) is 10.2 Å². The number of benzene rings is 1. The molecule has 0 aliphatic rings. The van der Waals surface area contributed by atoms with Crippen LogP contribution in [0.25, 0.3) is 0 Å². The number of ether oxygens (including phenoxy) is 1. The molecule has 0 radical (unpaired) electrons. The molecular weight excluding hydrogens is 330 g/mol. The number of carbonyl (C=O) groups excluding carboxylic acids is 3. The van der Waals surface area contributed by atoms with E-state index >= 15 is 0 Å². The number of hydrogen-bond acceptors (Lipinski definition) is 6. The Morgan fingerprint density at radius 1 is 1.20 bits per heavy atom. The minimum absolute atomic E-state index is 0.0205. The smallest absolute Gasteiger partial charge is 0.307 e. The van der Waals surface area contributed by atoms with E-state index in [1.54, 1.807) is 6.92 Å². The summed E-state index contributed by atoms with van der Waals surface area (Å²) in [5.41, 5.74) is 0.144. The maximum Gasteiger partial charge on any atom is 0.307 e. The highest BCUT2D eigenvalue weighted by atomic mass is 16.6. The fourth-order valence-electron chi connectivity index (χ4n) is 2.05. The molecule has 2 amide bonds. The van der Waals surface area contributed by atoms with Crippen LogP contribution in [0.5, 0.6) is 0 Å². The normalized spacial score (nSPS) is 10.0. The van der Waals surface area contributed by atoms with Crippen LogP contribution >= 0.6 is 0 Å². The number of nitro groups is 1. The van der Waals surface area contributed by atoms with Crippen molar-refractivity contribution in [3.05, 3.63) is 39.9 Å². The van der Waals surface area contributed by atoms with E-state index in [4.69, 9.17) is 4.74 Å². The van der Waals surface area contributed by atoms with Crippen molar-refractivity contribution < 1.29 is 24.0 Å². The Morgan fingerprint density at radius 3 is 2.36 bits per heavy atom. The molecular formula is C16H21N3O6. The highest BCUT2D eigenvalue weighted by Gasteiger charge is 2.18. The third kappa shape index (κ3) is 6.98. The molecule has 0 saturated heterocycles. The number of non-ortho nitro benzene ring substituents is 1. The Labute approximate surface area is 145 Å². The van der Waals surface area contributed by atoms with Gasteiger partial charge in [0.2, 0.25) is 5.91 Å². The van der Waals surface area contributed by atoms with Crippen LogP contribution in [0.4, 0.5) is 5.69 Å². The lowest BCUT2D eigenvalue weighted by molar-refractivity contribution is -0.384. The SMILES string of the molecule is CCOC(=O)CCN(CCNC(C)=O)C(=O)c1ccc([N+](=O)[O-])cc1. The molecule has 1 aromatic rings. The molecule has 0 atom stereocenters. The molecule has 0 heterocycles. The van der Waals surface area contributed by atoms with Crippen LogP contribution in [-0.2, 0) is 14.3 Å². The average Bonchev–Trinajstić information content (AvgIpc) is 2.57. The van der Waals surface area contributed by atoms with E-state index in [-0.39, 0.29) is 55.7 Å². The molecule has 0 fully saturated rings. The molecule has 0 bridgehead atoms. The lowest BCUT2D eigenvalue weighted by Crippen LogP contribution is -2.39. The predicted octanol–water partition coefficient (Wildman–Crippen LogP) is 1.13. The van der Waals surface area contributed by atoms with Gasteiger partial charge in [0.1, 0.15) is 0 Å². The number of rotatable bonds is 9. The van der Waals surface area contributed by atoms with Crippen molar-refractivity contribution >= 4 is 23.5 Å². The van der Waals surface area contributed by atoms with E-state index in [0.29, 0.717) is 0 Å². The zero-order chi connectivity index (χ0) is 18.8. The van der Waals surface area contributed by atoms with Crippen molar-refractivity contribution in [2.45, 2.75) is 20.3 Å². The van der Waals surface area contributed by atoms with Gasteiger partial charge in [-0.05, 0) is 19.1 Å². The van der Waals surface area contributed by atoms with Crippen LogP contribution in [0, 0.1) is 10.1 Å². The van der Waals surface area contributed by atoms with Gasteiger partial charge in [-0.2, -0.15) is 0 Å². The van der Waals surface area contributed by atoms with Crippen LogP contribution in [0.2, 0.25) is 0 Å². The first-order valence-corrected chi connectivity index (χ1v) is 7.79. The van der Waals surface area contributed by atoms with Crippen molar-refractivity contribution in [3.8, 4) is 0 Å². The highest BCUT2D eigenvalue weighted by molar-refractivity contribution is 5.94. The Hall–Kier alpha value is -2.97. The summed E-state index contributed by atoms with van der Waals surface area (Å²) < 4.78 is 4.84. The Bertz CT molecular complexity index is 629. The van der Waals surface area contributed by atoms with Gasteiger partial charge in [-0.25, -0.2) is 0 Å². The van der Waals surface area contributed by atoms with Crippen molar-refractivity contribution in [2.24, 2.45) is 0 Å². The third-order valence-corrected chi connectivity index (χ3v) is 3.26. The first-order chi connectivity index (χ1) is 11.8. The van der Waals surface area contributed by atoms with Gasteiger partial charge in [0.25, 0.3) is 11.6 Å². The highest BCUT2D eigenvalue weighted by Crippen LogP contribution is 2.13. The van der Waals surface area contributed by atoms with E-state index in [2.05, 4.69) is 5.32 Å². The van der Waals surface area contributed by atoms with Gasteiger partial charge in [-0.1, -0.05) is 0 Å².